The van der Waals surface area contributed by atoms with Gasteiger partial charge in [-0.3, -0.25) is 4.79 Å². The summed E-state index contributed by atoms with van der Waals surface area (Å²) in [6, 6.07) is 0. The van der Waals surface area contributed by atoms with Crippen molar-refractivity contribution >= 4 is 5.91 Å². The fourth-order valence-corrected chi connectivity index (χ4v) is 1.61. The van der Waals surface area contributed by atoms with E-state index >= 15 is 0 Å². The van der Waals surface area contributed by atoms with Crippen LogP contribution in [0.3, 0.4) is 0 Å². The average molecular weight is 213 g/mol. The lowest BCUT2D eigenvalue weighted by Crippen LogP contribution is -2.21. The van der Waals surface area contributed by atoms with Crippen LogP contribution in [0.25, 0.3) is 0 Å². The van der Waals surface area contributed by atoms with Gasteiger partial charge < -0.3 is 4.90 Å². The van der Waals surface area contributed by atoms with Crippen LogP contribution in [0.5, 0.6) is 0 Å². The lowest BCUT2D eigenvalue weighted by molar-refractivity contribution is -0.128. The van der Waals surface area contributed by atoms with Crippen molar-refractivity contribution < 1.29 is 4.79 Å². The number of nitrogens with zero attached hydrogens (tertiary/aromatic N) is 1. The molecule has 0 saturated carbocycles. The molecule has 0 heterocycles. The van der Waals surface area contributed by atoms with E-state index in [0.717, 1.165) is 12.3 Å². The predicted molar refractivity (Wildman–Crippen MR) is 65.8 cm³/mol. The van der Waals surface area contributed by atoms with E-state index in [4.69, 9.17) is 0 Å². The van der Waals surface area contributed by atoms with E-state index in [1.807, 2.05) is 14.1 Å². The minimum atomic E-state index is 0.255. The lowest BCUT2D eigenvalue weighted by atomic mass is 9.96. The maximum Gasteiger partial charge on any atom is 0.222 e. The molecule has 0 aliphatic heterocycles. The van der Waals surface area contributed by atoms with E-state index in [9.17, 15) is 4.79 Å². The van der Waals surface area contributed by atoms with Crippen LogP contribution in [0.2, 0.25) is 0 Å². The molecule has 0 aromatic rings. The molecular weight excluding hydrogens is 186 g/mol. The van der Waals surface area contributed by atoms with Crippen molar-refractivity contribution in [3.05, 3.63) is 0 Å². The summed E-state index contributed by atoms with van der Waals surface area (Å²) in [5.41, 5.74) is 0. The molecule has 0 aromatic carbocycles. The van der Waals surface area contributed by atoms with Crippen molar-refractivity contribution in [2.24, 2.45) is 11.8 Å². The third-order valence-electron chi connectivity index (χ3n) is 2.83. The van der Waals surface area contributed by atoms with Crippen LogP contribution in [0.4, 0.5) is 0 Å². The van der Waals surface area contributed by atoms with E-state index in [1.165, 1.54) is 19.3 Å². The molecule has 90 valence electrons. The molecule has 2 heteroatoms. The van der Waals surface area contributed by atoms with Gasteiger partial charge in [0, 0.05) is 20.5 Å². The normalized spacial score (nSPS) is 12.9. The van der Waals surface area contributed by atoms with Crippen LogP contribution in [0, 0.1) is 11.8 Å². The molecular formula is C13H27NO. The highest BCUT2D eigenvalue weighted by Crippen LogP contribution is 2.16. The summed E-state index contributed by atoms with van der Waals surface area (Å²) in [6.45, 7) is 6.78. The molecule has 0 bridgehead atoms. The molecule has 0 radical (unpaired) electrons. The van der Waals surface area contributed by atoms with Crippen LogP contribution in [-0.4, -0.2) is 24.9 Å². The largest absolute Gasteiger partial charge is 0.349 e. The van der Waals surface area contributed by atoms with Crippen LogP contribution in [-0.2, 0) is 4.79 Å². The highest BCUT2D eigenvalue weighted by atomic mass is 16.2. The van der Waals surface area contributed by atoms with Gasteiger partial charge in [0.2, 0.25) is 5.91 Å². The second-order valence-electron chi connectivity index (χ2n) is 5.26. The highest BCUT2D eigenvalue weighted by molar-refractivity contribution is 5.75. The predicted octanol–water partition coefficient (Wildman–Crippen LogP) is 3.32. The molecule has 2 nitrogen and oxygen atoms in total. The standard InChI is InChI=1S/C13H27NO/c1-11(2)7-6-8-12(3)9-10-13(15)14(4)5/h11-12H,6-10H2,1-5H3. The Labute approximate surface area is 95.0 Å². The minimum absolute atomic E-state index is 0.255. The first kappa shape index (κ1) is 14.5. The summed E-state index contributed by atoms with van der Waals surface area (Å²) in [5, 5.41) is 0. The summed E-state index contributed by atoms with van der Waals surface area (Å²) in [6.07, 6.45) is 5.62. The Hall–Kier alpha value is -0.530. The van der Waals surface area contributed by atoms with Crippen LogP contribution < -0.4 is 0 Å². The molecule has 0 aliphatic carbocycles. The van der Waals surface area contributed by atoms with Gasteiger partial charge in [0.15, 0.2) is 0 Å². The van der Waals surface area contributed by atoms with Crippen molar-refractivity contribution in [1.29, 1.82) is 0 Å². The smallest absolute Gasteiger partial charge is 0.222 e. The second kappa shape index (κ2) is 7.72. The Balaban J connectivity index is 3.49. The maximum absolute atomic E-state index is 11.4. The van der Waals surface area contributed by atoms with Crippen molar-refractivity contribution in [3.8, 4) is 0 Å². The van der Waals surface area contributed by atoms with E-state index < -0.39 is 0 Å². The third kappa shape index (κ3) is 8.46. The first-order valence-electron chi connectivity index (χ1n) is 6.13. The number of hydrogen-bond donors (Lipinski definition) is 0. The number of amides is 1. The van der Waals surface area contributed by atoms with E-state index in [0.29, 0.717) is 12.3 Å². The van der Waals surface area contributed by atoms with E-state index in [-0.39, 0.29) is 5.91 Å². The number of rotatable bonds is 7. The lowest BCUT2D eigenvalue weighted by Gasteiger charge is -2.14. The first-order chi connectivity index (χ1) is 6.93. The van der Waals surface area contributed by atoms with Crippen LogP contribution in [0.15, 0.2) is 0 Å². The van der Waals surface area contributed by atoms with Crippen molar-refractivity contribution in [3.63, 3.8) is 0 Å². The summed E-state index contributed by atoms with van der Waals surface area (Å²) < 4.78 is 0. The molecule has 0 spiro atoms. The number of hydrogen-bond acceptors (Lipinski definition) is 1. The molecule has 1 unspecified atom stereocenters. The summed E-state index contributed by atoms with van der Waals surface area (Å²) in [4.78, 5) is 13.0. The Bertz CT molecular complexity index is 175. The minimum Gasteiger partial charge on any atom is -0.349 e. The quantitative estimate of drug-likeness (QED) is 0.635. The molecule has 0 aromatic heterocycles. The Morgan fingerprint density at radius 2 is 1.67 bits per heavy atom. The molecule has 0 aliphatic rings. The molecule has 0 fully saturated rings. The zero-order valence-electron chi connectivity index (χ0n) is 11.0. The SMILES string of the molecule is CC(C)CCCC(C)CCC(=O)N(C)C. The zero-order valence-corrected chi connectivity index (χ0v) is 11.0. The first-order valence-corrected chi connectivity index (χ1v) is 6.13. The van der Waals surface area contributed by atoms with E-state index in [1.54, 1.807) is 4.90 Å². The Kier molecular flexibility index (Phi) is 7.45. The van der Waals surface area contributed by atoms with Crippen molar-refractivity contribution in [2.45, 2.75) is 52.9 Å². The monoisotopic (exact) mass is 213 g/mol. The molecule has 0 saturated heterocycles. The fraction of sp³-hybridized carbons (Fsp3) is 0.923. The number of carbonyl (C=O) groups is 1. The van der Waals surface area contributed by atoms with Crippen LogP contribution >= 0.6 is 0 Å². The van der Waals surface area contributed by atoms with Crippen LogP contribution in [0.1, 0.15) is 52.9 Å². The van der Waals surface area contributed by atoms with Gasteiger partial charge in [0.05, 0.1) is 0 Å². The highest BCUT2D eigenvalue weighted by Gasteiger charge is 2.08. The summed E-state index contributed by atoms with van der Waals surface area (Å²) >= 11 is 0. The average Bonchev–Trinajstić information content (AvgIpc) is 2.13. The maximum atomic E-state index is 11.4. The van der Waals surface area contributed by atoms with Gasteiger partial charge in [0.1, 0.15) is 0 Å². The zero-order chi connectivity index (χ0) is 11.8. The molecule has 1 amide bonds. The summed E-state index contributed by atoms with van der Waals surface area (Å²) in [5.74, 6) is 1.75. The van der Waals surface area contributed by atoms with Gasteiger partial charge in [-0.1, -0.05) is 40.0 Å². The van der Waals surface area contributed by atoms with Gasteiger partial charge >= 0.3 is 0 Å². The van der Waals surface area contributed by atoms with Gasteiger partial charge in [-0.15, -0.1) is 0 Å². The molecule has 1 atom stereocenters. The third-order valence-corrected chi connectivity index (χ3v) is 2.83. The Morgan fingerprint density at radius 3 is 2.13 bits per heavy atom. The Morgan fingerprint density at radius 1 is 1.07 bits per heavy atom. The summed E-state index contributed by atoms with van der Waals surface area (Å²) in [7, 11) is 3.65. The second-order valence-corrected chi connectivity index (χ2v) is 5.26. The van der Waals surface area contributed by atoms with Gasteiger partial charge in [0.25, 0.3) is 0 Å². The van der Waals surface area contributed by atoms with Crippen molar-refractivity contribution in [2.75, 3.05) is 14.1 Å². The molecule has 0 rings (SSSR count). The topological polar surface area (TPSA) is 20.3 Å². The number of carbonyl (C=O) groups excluding carboxylic acids is 1. The van der Waals surface area contributed by atoms with Crippen molar-refractivity contribution in [1.82, 2.24) is 4.90 Å². The van der Waals surface area contributed by atoms with Gasteiger partial charge in [-0.05, 0) is 18.3 Å². The molecule has 0 N–H and O–H groups in total. The van der Waals surface area contributed by atoms with Gasteiger partial charge in [-0.25, -0.2) is 0 Å². The molecule has 15 heavy (non-hydrogen) atoms. The fourth-order valence-electron chi connectivity index (χ4n) is 1.61. The van der Waals surface area contributed by atoms with E-state index in [2.05, 4.69) is 20.8 Å². The van der Waals surface area contributed by atoms with Gasteiger partial charge in [-0.2, -0.15) is 0 Å².